The van der Waals surface area contributed by atoms with Gasteiger partial charge in [-0.1, -0.05) is 98.9 Å². The summed E-state index contributed by atoms with van der Waals surface area (Å²) >= 11 is 0. The molecule has 3 aliphatic heterocycles. The van der Waals surface area contributed by atoms with Gasteiger partial charge < -0.3 is 91.3 Å². The van der Waals surface area contributed by atoms with Crippen molar-refractivity contribution in [1.29, 1.82) is 0 Å². The number of nitrogens with two attached hydrogens (primary N) is 1. The number of fused-ring (bicyclic) bond motifs is 2. The molecule has 19 atom stereocenters. The summed E-state index contributed by atoms with van der Waals surface area (Å²) in [5.74, 6) is -6.35. The summed E-state index contributed by atoms with van der Waals surface area (Å²) in [5, 5.41) is 116. The molecule has 3 rings (SSSR count). The Kier molecular flexibility index (Phi) is 29.0. The minimum absolute atomic E-state index is 0.108. The van der Waals surface area contributed by atoms with Gasteiger partial charge in [0, 0.05) is 44.1 Å². The first kappa shape index (κ1) is 65.3. The predicted molar refractivity (Wildman–Crippen MR) is 279 cm³/mol. The van der Waals surface area contributed by atoms with Crippen molar-refractivity contribution in [3.8, 4) is 0 Å². The number of hydrogen-bond donors (Lipinski definition) is 13. The van der Waals surface area contributed by atoms with Crippen LogP contribution < -0.4 is 16.4 Å². The summed E-state index contributed by atoms with van der Waals surface area (Å²) < 4.78 is 24.0. The lowest BCUT2D eigenvalue weighted by molar-refractivity contribution is -0.307. The highest BCUT2D eigenvalue weighted by atomic mass is 16.7. The highest BCUT2D eigenvalue weighted by molar-refractivity contribution is 5.80. The number of ether oxygens (including phenoxy) is 4. The first-order valence-corrected chi connectivity index (χ1v) is 26.1. The van der Waals surface area contributed by atoms with E-state index in [4.69, 9.17) is 24.7 Å². The lowest BCUT2D eigenvalue weighted by Gasteiger charge is -2.46. The zero-order valence-electron chi connectivity index (χ0n) is 44.3. The van der Waals surface area contributed by atoms with E-state index in [1.165, 1.54) is 6.92 Å². The van der Waals surface area contributed by atoms with Crippen LogP contribution in [0.15, 0.2) is 85.1 Å². The number of hydrogen-bond acceptors (Lipinski definition) is 19. The Balaban J connectivity index is 1.98. The zero-order valence-corrected chi connectivity index (χ0v) is 44.3. The highest BCUT2D eigenvalue weighted by Crippen LogP contribution is 2.38. The molecule has 2 fully saturated rings. The molecule has 21 nitrogen and oxygen atoms in total. The number of carbonyl (C=O) groups is 3. The van der Waals surface area contributed by atoms with E-state index in [-0.39, 0.29) is 38.1 Å². The third-order valence-electron chi connectivity index (χ3n) is 13.6. The Morgan fingerprint density at radius 1 is 0.720 bits per heavy atom. The molecule has 0 aromatic carbocycles. The van der Waals surface area contributed by atoms with E-state index in [0.29, 0.717) is 13.0 Å². The maximum atomic E-state index is 13.9. The molecule has 0 radical (unpaired) electrons. The minimum Gasteiger partial charge on any atom is -0.462 e. The van der Waals surface area contributed by atoms with Gasteiger partial charge in [0.25, 0.3) is 0 Å². The van der Waals surface area contributed by atoms with Crippen molar-refractivity contribution in [2.24, 2.45) is 23.5 Å². The summed E-state index contributed by atoms with van der Waals surface area (Å²) in [6, 6.07) is -1.26. The van der Waals surface area contributed by atoms with Gasteiger partial charge in [-0.05, 0) is 60.2 Å². The number of amides is 2. The Hall–Kier alpha value is -4.01. The largest absolute Gasteiger partial charge is 0.462 e. The number of cyclic esters (lactones) is 1. The molecular formula is C54H88N4O17. The minimum atomic E-state index is -2.31. The lowest BCUT2D eigenvalue weighted by Crippen LogP contribution is -2.64. The van der Waals surface area contributed by atoms with Gasteiger partial charge in [-0.3, -0.25) is 14.4 Å². The van der Waals surface area contributed by atoms with Gasteiger partial charge in [-0.2, -0.15) is 0 Å². The Morgan fingerprint density at radius 2 is 1.32 bits per heavy atom. The van der Waals surface area contributed by atoms with E-state index in [1.54, 1.807) is 74.6 Å². The van der Waals surface area contributed by atoms with Gasteiger partial charge in [0.05, 0.1) is 86.0 Å². The summed E-state index contributed by atoms with van der Waals surface area (Å²) in [7, 11) is 3.76. The SMILES string of the molecule is C[C@@H]1[C@H](O)[C@@H](C)/C=C/C=C/C=C/C=C/C=C/C=C/C=C/[C@H](O[C@@H]2O[C@H](C)[C@@H](O)[C@H](NC(=O)CN)[C@@H]2O)C[C@@H]2O[C@](O)(C[C@@H](O)C[C@@H](O)[C@H](O)CC[C@@H](O)C[C@@H](O)CC(=O)O[C@H]1C)C[C@H](O)[C@H]2C(=O)NCCCN(C)C. The maximum Gasteiger partial charge on any atom is 0.308 e. The van der Waals surface area contributed by atoms with Crippen LogP contribution in [0.1, 0.15) is 85.5 Å². The molecule has 2 bridgehead atoms. The van der Waals surface area contributed by atoms with E-state index in [0.717, 1.165) is 0 Å². The third kappa shape index (κ3) is 23.2. The van der Waals surface area contributed by atoms with Crippen LogP contribution in [0, 0.1) is 17.8 Å². The van der Waals surface area contributed by atoms with Crippen molar-refractivity contribution >= 4 is 17.8 Å². The quantitative estimate of drug-likeness (QED) is 0.105. The first-order chi connectivity index (χ1) is 35.4. The molecule has 14 N–H and O–H groups in total. The van der Waals surface area contributed by atoms with Crippen LogP contribution in [-0.2, 0) is 33.3 Å². The molecular weight excluding hydrogens is 977 g/mol. The van der Waals surface area contributed by atoms with E-state index < -0.39 is 159 Å². The molecule has 426 valence electrons. The van der Waals surface area contributed by atoms with E-state index in [2.05, 4.69) is 10.6 Å². The number of aliphatic hydroxyl groups excluding tert-OH is 9. The van der Waals surface area contributed by atoms with Gasteiger partial charge in [-0.15, -0.1) is 0 Å². The Morgan fingerprint density at radius 3 is 1.92 bits per heavy atom. The van der Waals surface area contributed by atoms with Crippen molar-refractivity contribution in [2.75, 3.05) is 33.7 Å². The smallest absolute Gasteiger partial charge is 0.308 e. The number of carbonyl (C=O) groups excluding carboxylic acids is 3. The topological polar surface area (TPSA) is 344 Å². The van der Waals surface area contributed by atoms with Crippen LogP contribution in [0.3, 0.4) is 0 Å². The average Bonchev–Trinajstić information content (AvgIpc) is 3.33. The molecule has 0 aliphatic carbocycles. The summed E-state index contributed by atoms with van der Waals surface area (Å²) in [4.78, 5) is 40.9. The molecule has 75 heavy (non-hydrogen) atoms. The second-order valence-electron chi connectivity index (χ2n) is 20.4. The van der Waals surface area contributed by atoms with E-state index in [1.807, 2.05) is 50.2 Å². The van der Waals surface area contributed by atoms with Gasteiger partial charge in [0.1, 0.15) is 18.3 Å². The van der Waals surface area contributed by atoms with Crippen LogP contribution in [0.25, 0.3) is 0 Å². The van der Waals surface area contributed by atoms with Crippen LogP contribution >= 0.6 is 0 Å². The van der Waals surface area contributed by atoms with Crippen LogP contribution in [0.4, 0.5) is 0 Å². The molecule has 3 aliphatic rings. The second kappa shape index (κ2) is 33.3. The molecule has 3 heterocycles. The summed E-state index contributed by atoms with van der Waals surface area (Å²) in [5.41, 5.74) is 5.50. The molecule has 0 unspecified atom stereocenters. The molecule has 0 saturated carbocycles. The molecule has 0 aromatic heterocycles. The summed E-state index contributed by atoms with van der Waals surface area (Å²) in [6.07, 6.45) is 4.13. The highest BCUT2D eigenvalue weighted by Gasteiger charge is 2.51. The maximum absolute atomic E-state index is 13.9. The van der Waals surface area contributed by atoms with Crippen molar-refractivity contribution in [1.82, 2.24) is 15.5 Å². The number of aliphatic hydroxyl groups is 10. The normalized spacial score (nSPS) is 41.0. The fourth-order valence-corrected chi connectivity index (χ4v) is 9.10. The first-order valence-electron chi connectivity index (χ1n) is 26.1. The molecule has 0 aromatic rings. The number of allylic oxidation sites excluding steroid dienone is 12. The van der Waals surface area contributed by atoms with E-state index in [9.17, 15) is 65.4 Å². The number of nitrogens with one attached hydrogen (secondary N) is 2. The lowest BCUT2D eigenvalue weighted by atomic mass is 9.82. The van der Waals surface area contributed by atoms with Crippen molar-refractivity contribution in [3.05, 3.63) is 85.1 Å². The van der Waals surface area contributed by atoms with Crippen molar-refractivity contribution < 1.29 is 84.4 Å². The standard InChI is InChI=1S/C54H88N4O17/c1-33-20-17-15-13-11-9-7-8-10-12-14-16-18-21-40(74-53-51(69)48(57-45(65)32-55)50(68)36(4)73-53)29-44-47(52(70)56-24-19-25-58(5)6)43(64)31-54(71,75-44)30-39(61)27-42(63)41(62)23-22-37(59)26-38(60)28-46(66)72-35(3)34(2)49(33)67/h7-18,20-21,33-44,47-51,53,59-64,67-69,71H,19,22-32,55H2,1-6H3,(H,56,70)(H,57,65)/b8-7+,11-9+,12-10+,15-13+,16-14+,20-17+,21-18+/t33-,34-,35-,36+,37+,38+,39-,40-,41+,42+,43-,44-,47+,48-,49+,50+,51-,53-,54+/m0/s1. The monoisotopic (exact) mass is 1060 g/mol. The van der Waals surface area contributed by atoms with Crippen LogP contribution in [0.5, 0.6) is 0 Å². The molecule has 21 heteroatoms. The average molecular weight is 1070 g/mol. The van der Waals surface area contributed by atoms with E-state index >= 15 is 0 Å². The zero-order chi connectivity index (χ0) is 55.8. The molecule has 2 saturated heterocycles. The van der Waals surface area contributed by atoms with Crippen molar-refractivity contribution in [2.45, 2.75) is 183 Å². The summed E-state index contributed by atoms with van der Waals surface area (Å²) in [6.45, 7) is 7.20. The third-order valence-corrected chi connectivity index (χ3v) is 13.6. The van der Waals surface area contributed by atoms with Gasteiger partial charge in [0.2, 0.25) is 11.8 Å². The van der Waals surface area contributed by atoms with Gasteiger partial charge in [-0.25, -0.2) is 0 Å². The van der Waals surface area contributed by atoms with Crippen molar-refractivity contribution in [3.63, 3.8) is 0 Å². The molecule has 2 amide bonds. The Bertz CT molecular complexity index is 1930. The number of rotatable bonds is 9. The number of nitrogens with zero attached hydrogens (tertiary/aromatic N) is 1. The van der Waals surface area contributed by atoms with Crippen LogP contribution in [-0.4, -0.2) is 205 Å². The Labute approximate surface area is 441 Å². The fraction of sp³-hybridized carbons (Fsp3) is 0.685. The van der Waals surface area contributed by atoms with Gasteiger partial charge >= 0.3 is 5.97 Å². The molecule has 0 spiro atoms. The van der Waals surface area contributed by atoms with Gasteiger partial charge in [0.15, 0.2) is 12.1 Å². The van der Waals surface area contributed by atoms with Crippen LogP contribution in [0.2, 0.25) is 0 Å². The second-order valence-corrected chi connectivity index (χ2v) is 20.4. The number of esters is 1. The predicted octanol–water partition coefficient (Wildman–Crippen LogP) is -0.189. The fourth-order valence-electron chi connectivity index (χ4n) is 9.10.